The Morgan fingerprint density at radius 2 is 2.18 bits per heavy atom. The molecule has 0 bridgehead atoms. The maximum absolute atomic E-state index is 6.10. The molecule has 2 aromatic rings. The van der Waals surface area contributed by atoms with Gasteiger partial charge in [0.25, 0.3) is 0 Å². The highest BCUT2D eigenvalue weighted by Gasteiger charge is 2.23. The lowest BCUT2D eigenvalue weighted by atomic mass is 9.83. The first kappa shape index (κ1) is 14.5. The number of thiophene rings is 1. The Hall–Kier alpha value is -1.06. The fourth-order valence-corrected chi connectivity index (χ4v) is 5.12. The number of nitrogens with zero attached hydrogens (tertiary/aromatic N) is 1. The van der Waals surface area contributed by atoms with Crippen LogP contribution in [0.3, 0.4) is 0 Å². The number of benzene rings is 1. The molecule has 1 aromatic carbocycles. The summed E-state index contributed by atoms with van der Waals surface area (Å²) in [6.45, 7) is 3.45. The van der Waals surface area contributed by atoms with Crippen molar-refractivity contribution in [2.24, 2.45) is 0 Å². The van der Waals surface area contributed by atoms with Crippen molar-refractivity contribution in [2.75, 3.05) is 13.1 Å². The van der Waals surface area contributed by atoms with E-state index in [1.54, 1.807) is 10.4 Å². The molecule has 0 saturated carbocycles. The molecule has 0 spiro atoms. The Morgan fingerprint density at radius 3 is 3.14 bits per heavy atom. The van der Waals surface area contributed by atoms with E-state index in [-0.39, 0.29) is 0 Å². The monoisotopic (exact) mass is 307 g/mol. The average Bonchev–Trinajstić information content (AvgIpc) is 3.02. The van der Waals surface area contributed by atoms with Gasteiger partial charge in [-0.05, 0) is 72.7 Å². The summed E-state index contributed by atoms with van der Waals surface area (Å²) in [5, 5.41) is 2.28. The summed E-state index contributed by atoms with van der Waals surface area (Å²) in [5.74, 6) is 0.789. The molecule has 1 aliphatic heterocycles. The van der Waals surface area contributed by atoms with Gasteiger partial charge < -0.3 is 0 Å². The molecule has 0 saturated heterocycles. The molecule has 2 aliphatic rings. The van der Waals surface area contributed by atoms with E-state index in [9.17, 15) is 0 Å². The van der Waals surface area contributed by atoms with Crippen LogP contribution in [-0.2, 0) is 19.4 Å². The number of hydrogen-bond donors (Lipinski definition) is 0. The van der Waals surface area contributed by atoms with Crippen molar-refractivity contribution >= 4 is 24.6 Å². The van der Waals surface area contributed by atoms with Crippen LogP contribution in [0.1, 0.15) is 46.7 Å². The van der Waals surface area contributed by atoms with Crippen molar-refractivity contribution in [2.45, 2.75) is 44.6 Å². The normalized spacial score (nSPS) is 21.4. The molecule has 0 amide bonds. The van der Waals surface area contributed by atoms with Crippen molar-refractivity contribution in [3.05, 3.63) is 51.2 Å². The summed E-state index contributed by atoms with van der Waals surface area (Å²) < 4.78 is 0. The van der Waals surface area contributed by atoms with E-state index in [0.29, 0.717) is 0 Å². The third kappa shape index (κ3) is 2.77. The van der Waals surface area contributed by atoms with Crippen molar-refractivity contribution in [3.8, 4) is 0 Å². The molecule has 1 atom stereocenters. The Balaban J connectivity index is 1.40. The molecule has 1 unspecified atom stereocenters. The molecule has 1 aromatic heterocycles. The van der Waals surface area contributed by atoms with Crippen LogP contribution in [0.5, 0.6) is 0 Å². The van der Waals surface area contributed by atoms with Gasteiger partial charge >= 0.3 is 0 Å². The van der Waals surface area contributed by atoms with Crippen molar-refractivity contribution in [1.29, 1.82) is 0 Å². The Bertz CT molecular complexity index is 663. The Kier molecular flexibility index (Phi) is 4.10. The second-order valence-corrected chi connectivity index (χ2v) is 7.69. The third-order valence-corrected chi connectivity index (χ3v) is 6.35. The average molecular weight is 307 g/mol. The zero-order chi connectivity index (χ0) is 14.9. The topological polar surface area (TPSA) is 3.24 Å². The quantitative estimate of drug-likeness (QED) is 0.786. The van der Waals surface area contributed by atoms with Gasteiger partial charge in [0.1, 0.15) is 7.85 Å². The van der Waals surface area contributed by atoms with Gasteiger partial charge in [-0.25, -0.2) is 0 Å². The summed E-state index contributed by atoms with van der Waals surface area (Å²) >= 11 is 1.96. The smallest absolute Gasteiger partial charge is 0.114 e. The fourth-order valence-electron chi connectivity index (χ4n) is 4.11. The van der Waals surface area contributed by atoms with E-state index >= 15 is 0 Å². The first-order chi connectivity index (χ1) is 10.8. The first-order valence-corrected chi connectivity index (χ1v) is 9.34. The van der Waals surface area contributed by atoms with Crippen LogP contribution < -0.4 is 5.46 Å². The van der Waals surface area contributed by atoms with Crippen molar-refractivity contribution in [1.82, 2.24) is 4.90 Å². The SMILES string of the molecule is [B]c1cccc2c1CCN(CCC1CCCc3sccc31)C2. The lowest BCUT2D eigenvalue weighted by molar-refractivity contribution is 0.241. The third-order valence-electron chi connectivity index (χ3n) is 5.35. The maximum atomic E-state index is 6.10. The first-order valence-electron chi connectivity index (χ1n) is 8.46. The number of fused-ring (bicyclic) bond motifs is 2. The van der Waals surface area contributed by atoms with Crippen LogP contribution in [-0.4, -0.2) is 25.8 Å². The molecular weight excluding hydrogens is 285 g/mol. The second-order valence-electron chi connectivity index (χ2n) is 6.69. The molecule has 3 heteroatoms. The minimum atomic E-state index is 0.789. The molecule has 4 rings (SSSR count). The molecule has 112 valence electrons. The van der Waals surface area contributed by atoms with Crippen molar-refractivity contribution < 1.29 is 0 Å². The van der Waals surface area contributed by atoms with E-state index in [4.69, 9.17) is 7.85 Å². The van der Waals surface area contributed by atoms with E-state index in [2.05, 4.69) is 28.5 Å². The number of aryl methyl sites for hydroxylation is 1. The lowest BCUT2D eigenvalue weighted by Crippen LogP contribution is -2.34. The highest BCUT2D eigenvalue weighted by molar-refractivity contribution is 7.10. The highest BCUT2D eigenvalue weighted by atomic mass is 32.1. The van der Waals surface area contributed by atoms with Gasteiger partial charge in [-0.2, -0.15) is 0 Å². The fraction of sp³-hybridized carbons (Fsp3) is 0.474. The molecule has 0 N–H and O–H groups in total. The molecule has 2 radical (unpaired) electrons. The summed E-state index contributed by atoms with van der Waals surface area (Å²) in [7, 11) is 6.10. The van der Waals surface area contributed by atoms with E-state index < -0.39 is 0 Å². The van der Waals surface area contributed by atoms with Crippen LogP contribution >= 0.6 is 11.3 Å². The van der Waals surface area contributed by atoms with Gasteiger partial charge in [0.05, 0.1) is 0 Å². The highest BCUT2D eigenvalue weighted by Crippen LogP contribution is 2.37. The van der Waals surface area contributed by atoms with Gasteiger partial charge in [-0.3, -0.25) is 4.90 Å². The second kappa shape index (κ2) is 6.21. The summed E-state index contributed by atoms with van der Waals surface area (Å²) in [6, 6.07) is 8.75. The van der Waals surface area contributed by atoms with Gasteiger partial charge in [0.2, 0.25) is 0 Å². The standard InChI is InChI=1S/C19H22BNS/c20-18-5-1-4-15-13-21(11-8-16(15)18)10-7-14-3-2-6-19-17(14)9-12-22-19/h1,4-5,9,12,14H,2-3,6-8,10-11,13H2. The molecule has 1 nitrogen and oxygen atoms in total. The Labute approximate surface area is 138 Å². The number of hydrogen-bond acceptors (Lipinski definition) is 2. The van der Waals surface area contributed by atoms with Crippen LogP contribution in [0.2, 0.25) is 0 Å². The number of rotatable bonds is 3. The summed E-state index contributed by atoms with van der Waals surface area (Å²) in [5.41, 5.74) is 5.45. The van der Waals surface area contributed by atoms with Crippen LogP contribution in [0.4, 0.5) is 0 Å². The molecule has 22 heavy (non-hydrogen) atoms. The minimum absolute atomic E-state index is 0.789. The molecule has 2 heterocycles. The van der Waals surface area contributed by atoms with Gasteiger partial charge in [-0.15, -0.1) is 11.3 Å². The zero-order valence-corrected chi connectivity index (χ0v) is 13.9. The Morgan fingerprint density at radius 1 is 1.23 bits per heavy atom. The van der Waals surface area contributed by atoms with Crippen LogP contribution in [0.25, 0.3) is 0 Å². The van der Waals surface area contributed by atoms with Crippen LogP contribution in [0.15, 0.2) is 29.6 Å². The van der Waals surface area contributed by atoms with E-state index in [0.717, 1.165) is 30.9 Å². The largest absolute Gasteiger partial charge is 0.299 e. The summed E-state index contributed by atoms with van der Waals surface area (Å²) in [4.78, 5) is 4.26. The summed E-state index contributed by atoms with van der Waals surface area (Å²) in [6.07, 6.45) is 6.47. The predicted octanol–water partition coefficient (Wildman–Crippen LogP) is 3.41. The van der Waals surface area contributed by atoms with Gasteiger partial charge in [-0.1, -0.05) is 23.7 Å². The minimum Gasteiger partial charge on any atom is -0.299 e. The van der Waals surface area contributed by atoms with E-state index in [1.807, 2.05) is 17.4 Å². The van der Waals surface area contributed by atoms with E-state index in [1.165, 1.54) is 43.4 Å². The van der Waals surface area contributed by atoms with Crippen LogP contribution in [0, 0.1) is 0 Å². The van der Waals surface area contributed by atoms with Crippen molar-refractivity contribution in [3.63, 3.8) is 0 Å². The molecule has 0 fully saturated rings. The van der Waals surface area contributed by atoms with Gasteiger partial charge in [0.15, 0.2) is 0 Å². The maximum Gasteiger partial charge on any atom is 0.114 e. The molecule has 1 aliphatic carbocycles. The lowest BCUT2D eigenvalue weighted by Gasteiger charge is -2.32. The molecular formula is C19H22BNS. The zero-order valence-electron chi connectivity index (χ0n) is 13.1. The predicted molar refractivity (Wildman–Crippen MR) is 95.4 cm³/mol. The van der Waals surface area contributed by atoms with Gasteiger partial charge in [0, 0.05) is 18.0 Å².